The molecular weight excluding hydrogens is 215 g/mol. The molecule has 2 heterocycles. The minimum Gasteiger partial charge on any atom is -0.404 e. The van der Waals surface area contributed by atoms with E-state index in [1.54, 1.807) is 7.05 Å². The summed E-state index contributed by atoms with van der Waals surface area (Å²) in [5, 5.41) is 12.9. The van der Waals surface area contributed by atoms with Crippen LogP contribution in [0.25, 0.3) is 0 Å². The molecule has 2 aromatic rings. The molecule has 0 amide bonds. The Morgan fingerprint density at radius 2 is 2.31 bits per heavy atom. The summed E-state index contributed by atoms with van der Waals surface area (Å²) in [7, 11) is 1.69. The van der Waals surface area contributed by atoms with Crippen LogP contribution >= 0.6 is 0 Å². The molecule has 0 unspecified atom stereocenters. The van der Waals surface area contributed by atoms with Gasteiger partial charge in [-0.1, -0.05) is 0 Å². The molecule has 2 rings (SSSR count). The summed E-state index contributed by atoms with van der Waals surface area (Å²) >= 11 is 0. The minimum atomic E-state index is -0.537. The number of aryl methyl sites for hydroxylation is 1. The molecular formula is C9H9FN4O2. The number of aliphatic hydroxyl groups excluding tert-OH is 1. The highest BCUT2D eigenvalue weighted by molar-refractivity contribution is 5.27. The number of pyridine rings is 1. The average molecular weight is 224 g/mol. The highest BCUT2D eigenvalue weighted by Crippen LogP contribution is 2.20. The van der Waals surface area contributed by atoms with Gasteiger partial charge in [-0.2, -0.15) is 4.98 Å². The number of nitrogens with zero attached hydrogens (tertiary/aromatic N) is 4. The normalized spacial score (nSPS) is 10.4. The van der Waals surface area contributed by atoms with Gasteiger partial charge in [0.2, 0.25) is 5.88 Å². The van der Waals surface area contributed by atoms with Gasteiger partial charge in [0.05, 0.1) is 12.8 Å². The number of rotatable bonds is 3. The quantitative estimate of drug-likeness (QED) is 0.827. The van der Waals surface area contributed by atoms with E-state index in [0.717, 1.165) is 12.3 Å². The van der Waals surface area contributed by atoms with Crippen LogP contribution in [-0.4, -0.2) is 24.9 Å². The summed E-state index contributed by atoms with van der Waals surface area (Å²) in [5.74, 6) is -0.444. The Balaban J connectivity index is 2.27. The Labute approximate surface area is 90.3 Å². The molecule has 84 valence electrons. The Morgan fingerprint density at radius 3 is 2.94 bits per heavy atom. The van der Waals surface area contributed by atoms with E-state index in [2.05, 4.69) is 15.1 Å². The molecule has 0 aromatic carbocycles. The standard InChI is InChI=1S/C9H9FN4O2/c1-14-5-12-9(13-14)16-8-6(4-15)2-7(10)3-11-8/h2-3,5,15H,4H2,1H3. The lowest BCUT2D eigenvalue weighted by Crippen LogP contribution is -1.97. The predicted octanol–water partition coefficient (Wildman–Crippen LogP) is 0.634. The van der Waals surface area contributed by atoms with Crippen LogP contribution in [0.3, 0.4) is 0 Å². The first-order valence-electron chi connectivity index (χ1n) is 4.48. The SMILES string of the molecule is Cn1cnc(Oc2ncc(F)cc2CO)n1. The second-order valence-electron chi connectivity index (χ2n) is 3.08. The predicted molar refractivity (Wildman–Crippen MR) is 51.2 cm³/mol. The van der Waals surface area contributed by atoms with Crippen LogP contribution in [0.5, 0.6) is 11.9 Å². The van der Waals surface area contributed by atoms with Crippen molar-refractivity contribution in [2.24, 2.45) is 7.05 Å². The minimum absolute atomic E-state index is 0.0927. The van der Waals surface area contributed by atoms with Crippen molar-refractivity contribution in [3.8, 4) is 11.9 Å². The number of aliphatic hydroxyl groups is 1. The molecule has 7 heteroatoms. The van der Waals surface area contributed by atoms with Crippen LogP contribution < -0.4 is 4.74 Å². The third-order valence-electron chi connectivity index (χ3n) is 1.83. The highest BCUT2D eigenvalue weighted by Gasteiger charge is 2.09. The first kappa shape index (κ1) is 10.5. The van der Waals surface area contributed by atoms with E-state index in [4.69, 9.17) is 9.84 Å². The Bertz CT molecular complexity index is 500. The fourth-order valence-electron chi connectivity index (χ4n) is 1.13. The van der Waals surface area contributed by atoms with Crippen LogP contribution in [0.2, 0.25) is 0 Å². The maximum absolute atomic E-state index is 12.8. The van der Waals surface area contributed by atoms with Crippen LogP contribution in [0, 0.1) is 5.82 Å². The summed E-state index contributed by atoms with van der Waals surface area (Å²) < 4.78 is 19.5. The molecule has 0 aliphatic carbocycles. The van der Waals surface area contributed by atoms with E-state index in [9.17, 15) is 4.39 Å². The van der Waals surface area contributed by atoms with E-state index < -0.39 is 5.82 Å². The molecule has 16 heavy (non-hydrogen) atoms. The fraction of sp³-hybridized carbons (Fsp3) is 0.222. The van der Waals surface area contributed by atoms with E-state index in [-0.39, 0.29) is 24.1 Å². The van der Waals surface area contributed by atoms with Gasteiger partial charge in [-0.15, -0.1) is 5.10 Å². The molecule has 0 saturated carbocycles. The Kier molecular flexibility index (Phi) is 2.78. The van der Waals surface area contributed by atoms with Crippen molar-refractivity contribution in [2.45, 2.75) is 6.61 Å². The van der Waals surface area contributed by atoms with Crippen molar-refractivity contribution in [3.05, 3.63) is 30.0 Å². The van der Waals surface area contributed by atoms with Gasteiger partial charge in [-0.3, -0.25) is 4.68 Å². The van der Waals surface area contributed by atoms with Crippen molar-refractivity contribution >= 4 is 0 Å². The van der Waals surface area contributed by atoms with Gasteiger partial charge in [0.25, 0.3) is 0 Å². The third kappa shape index (κ3) is 2.14. The second kappa shape index (κ2) is 4.23. The molecule has 0 bridgehead atoms. The Hall–Kier alpha value is -2.02. The number of halogens is 1. The lowest BCUT2D eigenvalue weighted by atomic mass is 10.3. The zero-order chi connectivity index (χ0) is 11.5. The molecule has 0 radical (unpaired) electrons. The zero-order valence-corrected chi connectivity index (χ0v) is 8.46. The summed E-state index contributed by atoms with van der Waals surface area (Å²) in [6, 6.07) is 1.24. The van der Waals surface area contributed by atoms with E-state index in [1.165, 1.54) is 11.0 Å². The summed E-state index contributed by atoms with van der Waals surface area (Å²) in [6.07, 6.45) is 2.45. The zero-order valence-electron chi connectivity index (χ0n) is 8.46. The van der Waals surface area contributed by atoms with Crippen LogP contribution in [0.1, 0.15) is 5.56 Å². The molecule has 1 N–H and O–H groups in total. The second-order valence-corrected chi connectivity index (χ2v) is 3.08. The van der Waals surface area contributed by atoms with Crippen molar-refractivity contribution < 1.29 is 14.2 Å². The van der Waals surface area contributed by atoms with E-state index >= 15 is 0 Å². The van der Waals surface area contributed by atoms with Gasteiger partial charge in [-0.05, 0) is 6.07 Å². The van der Waals surface area contributed by atoms with E-state index in [0.29, 0.717) is 0 Å². The van der Waals surface area contributed by atoms with Crippen LogP contribution in [0.4, 0.5) is 4.39 Å². The maximum Gasteiger partial charge on any atom is 0.342 e. The van der Waals surface area contributed by atoms with Gasteiger partial charge < -0.3 is 9.84 Å². The van der Waals surface area contributed by atoms with Gasteiger partial charge in [-0.25, -0.2) is 9.37 Å². The molecule has 0 aliphatic rings. The summed E-state index contributed by atoms with van der Waals surface area (Å²) in [6.45, 7) is -0.368. The number of ether oxygens (including phenoxy) is 1. The van der Waals surface area contributed by atoms with Crippen LogP contribution in [0.15, 0.2) is 18.6 Å². The lowest BCUT2D eigenvalue weighted by Gasteiger charge is -2.04. The van der Waals surface area contributed by atoms with Gasteiger partial charge in [0, 0.05) is 12.6 Å². The average Bonchev–Trinajstić information content (AvgIpc) is 2.67. The lowest BCUT2D eigenvalue weighted by molar-refractivity contribution is 0.272. The largest absolute Gasteiger partial charge is 0.404 e. The van der Waals surface area contributed by atoms with Gasteiger partial charge >= 0.3 is 6.01 Å². The molecule has 2 aromatic heterocycles. The monoisotopic (exact) mass is 224 g/mol. The van der Waals surface area contributed by atoms with Gasteiger partial charge in [0.1, 0.15) is 12.1 Å². The van der Waals surface area contributed by atoms with Crippen molar-refractivity contribution in [3.63, 3.8) is 0 Å². The summed E-state index contributed by atoms with van der Waals surface area (Å²) in [5.41, 5.74) is 0.243. The number of hydrogen-bond donors (Lipinski definition) is 1. The van der Waals surface area contributed by atoms with Crippen molar-refractivity contribution in [1.29, 1.82) is 0 Å². The first-order valence-corrected chi connectivity index (χ1v) is 4.48. The Morgan fingerprint density at radius 1 is 1.50 bits per heavy atom. The molecule has 6 nitrogen and oxygen atoms in total. The molecule has 0 aliphatic heterocycles. The number of aromatic nitrogens is 4. The molecule has 0 fully saturated rings. The third-order valence-corrected chi connectivity index (χ3v) is 1.83. The van der Waals surface area contributed by atoms with Crippen molar-refractivity contribution in [2.75, 3.05) is 0 Å². The first-order chi connectivity index (χ1) is 7.69. The number of hydrogen-bond acceptors (Lipinski definition) is 5. The molecule has 0 atom stereocenters. The maximum atomic E-state index is 12.8. The summed E-state index contributed by atoms with van der Waals surface area (Å²) in [4.78, 5) is 7.53. The molecule has 0 spiro atoms. The van der Waals surface area contributed by atoms with Crippen LogP contribution in [-0.2, 0) is 13.7 Å². The van der Waals surface area contributed by atoms with Gasteiger partial charge in [0.15, 0.2) is 0 Å². The van der Waals surface area contributed by atoms with E-state index in [1.807, 2.05) is 0 Å². The van der Waals surface area contributed by atoms with Crippen molar-refractivity contribution in [1.82, 2.24) is 19.7 Å². The highest BCUT2D eigenvalue weighted by atomic mass is 19.1. The fourth-order valence-corrected chi connectivity index (χ4v) is 1.13. The molecule has 0 saturated heterocycles. The topological polar surface area (TPSA) is 73.1 Å². The smallest absolute Gasteiger partial charge is 0.342 e.